The number of alkyl halides is 3. The molecule has 7 nitrogen and oxygen atoms in total. The molecule has 2 aromatic rings. The summed E-state index contributed by atoms with van der Waals surface area (Å²) >= 11 is 0. The molecule has 0 bridgehead atoms. The van der Waals surface area contributed by atoms with Crippen molar-refractivity contribution in [1.29, 1.82) is 0 Å². The summed E-state index contributed by atoms with van der Waals surface area (Å²) in [5.41, 5.74) is 1.83. The lowest BCUT2D eigenvalue weighted by molar-refractivity contribution is -0.184. The Morgan fingerprint density at radius 2 is 2.07 bits per heavy atom. The molecule has 0 saturated carbocycles. The zero-order valence-corrected chi connectivity index (χ0v) is 15.3. The van der Waals surface area contributed by atoms with Crippen LogP contribution in [-0.4, -0.2) is 49.8 Å². The second-order valence-corrected chi connectivity index (χ2v) is 7.36. The smallest absolute Gasteiger partial charge is 0.338 e. The van der Waals surface area contributed by atoms with Crippen molar-refractivity contribution in [3.05, 3.63) is 39.1 Å². The number of fused-ring (bicyclic) bond motifs is 1. The molecular weight excluding hydrogens is 375 g/mol. The molecule has 0 unspecified atom stereocenters. The van der Waals surface area contributed by atoms with E-state index in [2.05, 4.69) is 15.1 Å². The summed E-state index contributed by atoms with van der Waals surface area (Å²) in [4.78, 5) is 33.4. The minimum absolute atomic E-state index is 0.0335. The van der Waals surface area contributed by atoms with Gasteiger partial charge in [0.25, 0.3) is 11.5 Å². The van der Waals surface area contributed by atoms with Gasteiger partial charge in [-0.3, -0.25) is 14.6 Å². The molecule has 1 amide bonds. The van der Waals surface area contributed by atoms with Crippen LogP contribution in [-0.2, 0) is 12.8 Å². The molecule has 0 aromatic carbocycles. The Bertz CT molecular complexity index is 979. The first-order chi connectivity index (χ1) is 13.3. The highest BCUT2D eigenvalue weighted by molar-refractivity contribution is 5.95. The quantitative estimate of drug-likeness (QED) is 0.845. The van der Waals surface area contributed by atoms with Gasteiger partial charge < -0.3 is 4.90 Å². The molecule has 1 aliphatic heterocycles. The first-order valence-electron chi connectivity index (χ1n) is 9.28. The highest BCUT2D eigenvalue weighted by Crippen LogP contribution is 2.33. The van der Waals surface area contributed by atoms with Crippen molar-refractivity contribution >= 4 is 5.91 Å². The molecule has 1 atom stereocenters. The summed E-state index contributed by atoms with van der Waals surface area (Å²) in [6, 6.07) is 0. The lowest BCUT2D eigenvalue weighted by atomic mass is 9.97. The molecule has 1 N–H and O–H groups in total. The fraction of sp³-hybridized carbons (Fsp3) is 0.556. The van der Waals surface area contributed by atoms with Gasteiger partial charge in [0.05, 0.1) is 29.1 Å². The van der Waals surface area contributed by atoms with Gasteiger partial charge in [-0.2, -0.15) is 18.3 Å². The van der Waals surface area contributed by atoms with Crippen LogP contribution in [0.15, 0.2) is 11.0 Å². The molecule has 10 heteroatoms. The lowest BCUT2D eigenvalue weighted by Gasteiger charge is -2.33. The third kappa shape index (κ3) is 3.20. The fourth-order valence-electron chi connectivity index (χ4n) is 3.96. The highest BCUT2D eigenvalue weighted by Gasteiger charge is 2.43. The second-order valence-electron chi connectivity index (χ2n) is 7.36. The molecule has 0 spiro atoms. The van der Waals surface area contributed by atoms with E-state index in [0.717, 1.165) is 12.1 Å². The van der Waals surface area contributed by atoms with Crippen molar-refractivity contribution in [2.75, 3.05) is 13.1 Å². The molecule has 28 heavy (non-hydrogen) atoms. The first kappa shape index (κ1) is 18.7. The van der Waals surface area contributed by atoms with Gasteiger partial charge in [0.1, 0.15) is 0 Å². The van der Waals surface area contributed by atoms with Crippen LogP contribution in [0.4, 0.5) is 13.2 Å². The number of piperidine rings is 1. The number of carbonyl (C=O) groups excluding carboxylic acids is 1. The van der Waals surface area contributed by atoms with Crippen molar-refractivity contribution in [2.24, 2.45) is 5.92 Å². The van der Waals surface area contributed by atoms with Crippen LogP contribution < -0.4 is 5.56 Å². The van der Waals surface area contributed by atoms with E-state index in [1.54, 1.807) is 6.92 Å². The number of carbonyl (C=O) groups is 1. The SMILES string of the molecule is Cc1c(C(=O)N2CCC[C@H](C(F)(F)F)C2)cnn1-c1nc2c(c(=O)[nH]1)CCC2. The van der Waals surface area contributed by atoms with Crippen molar-refractivity contribution in [2.45, 2.75) is 45.2 Å². The monoisotopic (exact) mass is 395 g/mol. The summed E-state index contributed by atoms with van der Waals surface area (Å²) in [7, 11) is 0. The summed E-state index contributed by atoms with van der Waals surface area (Å²) in [5, 5.41) is 4.15. The number of aromatic nitrogens is 4. The Morgan fingerprint density at radius 1 is 1.29 bits per heavy atom. The fourth-order valence-corrected chi connectivity index (χ4v) is 3.96. The molecule has 3 heterocycles. The summed E-state index contributed by atoms with van der Waals surface area (Å²) in [5.74, 6) is -1.77. The Morgan fingerprint density at radius 3 is 2.82 bits per heavy atom. The van der Waals surface area contributed by atoms with Gasteiger partial charge in [-0.05, 0) is 39.0 Å². The molecular formula is C18H20F3N5O2. The zero-order chi connectivity index (χ0) is 20.1. The van der Waals surface area contributed by atoms with E-state index in [1.165, 1.54) is 15.8 Å². The van der Waals surface area contributed by atoms with Crippen LogP contribution in [0.3, 0.4) is 0 Å². The summed E-state index contributed by atoms with van der Waals surface area (Å²) in [6.45, 7) is 1.57. The van der Waals surface area contributed by atoms with Crippen molar-refractivity contribution in [3.8, 4) is 5.95 Å². The molecule has 2 aromatic heterocycles. The normalized spacial score (nSPS) is 19.7. The number of nitrogens with one attached hydrogen (secondary N) is 1. The standard InChI is InChI=1S/C18H20F3N5O2/c1-10-13(16(28)25-7-3-4-11(9-25)18(19,20)21)8-22-26(10)17-23-14-6-2-5-12(14)15(27)24-17/h8,11H,2-7,9H2,1H3,(H,23,24,27)/t11-/m0/s1. The molecule has 150 valence electrons. The number of H-pyrrole nitrogens is 1. The van der Waals surface area contributed by atoms with Gasteiger partial charge in [-0.15, -0.1) is 0 Å². The first-order valence-corrected chi connectivity index (χ1v) is 9.28. The number of aromatic amines is 1. The maximum absolute atomic E-state index is 13.0. The summed E-state index contributed by atoms with van der Waals surface area (Å²) in [6.07, 6.45) is -0.380. The minimum atomic E-state index is -4.31. The third-order valence-electron chi connectivity index (χ3n) is 5.54. The number of halogens is 3. The Kier molecular flexibility index (Phi) is 4.51. The van der Waals surface area contributed by atoms with Crippen LogP contribution in [0, 0.1) is 12.8 Å². The highest BCUT2D eigenvalue weighted by atomic mass is 19.4. The molecule has 2 aliphatic rings. The van der Waals surface area contributed by atoms with E-state index in [4.69, 9.17) is 0 Å². The Labute approximate surface area is 158 Å². The molecule has 1 fully saturated rings. The Balaban J connectivity index is 1.61. The molecule has 1 saturated heterocycles. The zero-order valence-electron chi connectivity index (χ0n) is 15.3. The van der Waals surface area contributed by atoms with E-state index >= 15 is 0 Å². The number of aryl methyl sites for hydroxylation is 1. The maximum Gasteiger partial charge on any atom is 0.393 e. The predicted octanol–water partition coefficient (Wildman–Crippen LogP) is 2.17. The molecule has 4 rings (SSSR count). The van der Waals surface area contributed by atoms with Gasteiger partial charge in [-0.25, -0.2) is 9.67 Å². The lowest BCUT2D eigenvalue weighted by Crippen LogP contribution is -2.44. The van der Waals surface area contributed by atoms with Crippen LogP contribution in [0.1, 0.15) is 46.6 Å². The Hall–Kier alpha value is -2.65. The number of hydrogen-bond acceptors (Lipinski definition) is 4. The van der Waals surface area contributed by atoms with E-state index in [1.807, 2.05) is 0 Å². The number of amides is 1. The van der Waals surface area contributed by atoms with Crippen LogP contribution in [0.25, 0.3) is 5.95 Å². The van der Waals surface area contributed by atoms with Gasteiger partial charge in [0.15, 0.2) is 0 Å². The van der Waals surface area contributed by atoms with Crippen molar-refractivity contribution < 1.29 is 18.0 Å². The van der Waals surface area contributed by atoms with Crippen LogP contribution in [0.2, 0.25) is 0 Å². The maximum atomic E-state index is 13.0. The van der Waals surface area contributed by atoms with Gasteiger partial charge >= 0.3 is 6.18 Å². The largest absolute Gasteiger partial charge is 0.393 e. The van der Waals surface area contributed by atoms with Crippen molar-refractivity contribution in [3.63, 3.8) is 0 Å². The van der Waals surface area contributed by atoms with E-state index in [9.17, 15) is 22.8 Å². The average molecular weight is 395 g/mol. The predicted molar refractivity (Wildman–Crippen MR) is 93.4 cm³/mol. The third-order valence-corrected chi connectivity index (χ3v) is 5.54. The van der Waals surface area contributed by atoms with Crippen LogP contribution in [0.5, 0.6) is 0 Å². The number of likely N-dealkylation sites (tertiary alicyclic amines) is 1. The minimum Gasteiger partial charge on any atom is -0.338 e. The van der Waals surface area contributed by atoms with E-state index in [-0.39, 0.29) is 36.6 Å². The van der Waals surface area contributed by atoms with E-state index < -0.39 is 18.0 Å². The molecule has 1 aliphatic carbocycles. The van der Waals surface area contributed by atoms with Gasteiger partial charge in [0, 0.05) is 18.7 Å². The van der Waals surface area contributed by atoms with E-state index in [0.29, 0.717) is 30.5 Å². The van der Waals surface area contributed by atoms with Gasteiger partial charge in [-0.1, -0.05) is 0 Å². The van der Waals surface area contributed by atoms with Gasteiger partial charge in [0.2, 0.25) is 5.95 Å². The summed E-state index contributed by atoms with van der Waals surface area (Å²) < 4.78 is 40.5. The van der Waals surface area contributed by atoms with Crippen LogP contribution >= 0.6 is 0 Å². The second kappa shape index (κ2) is 6.75. The van der Waals surface area contributed by atoms with Crippen molar-refractivity contribution in [1.82, 2.24) is 24.6 Å². The number of rotatable bonds is 2. The topological polar surface area (TPSA) is 83.9 Å². The average Bonchev–Trinajstić information content (AvgIpc) is 3.27. The number of hydrogen-bond donors (Lipinski definition) is 1. The number of nitrogens with zero attached hydrogens (tertiary/aromatic N) is 4. The molecule has 0 radical (unpaired) electrons.